The Balaban J connectivity index is 0. The number of anilines is 3. The summed E-state index contributed by atoms with van der Waals surface area (Å²) in [5.41, 5.74) is 18.0. The van der Waals surface area contributed by atoms with Gasteiger partial charge in [0.15, 0.2) is 0 Å². The Morgan fingerprint density at radius 1 is 0.654 bits per heavy atom. The van der Waals surface area contributed by atoms with Crippen LogP contribution < -0.4 is 17.2 Å². The summed E-state index contributed by atoms with van der Waals surface area (Å²) in [4.78, 5) is 0. The normalized spacial score (nSPS) is 10.0. The highest BCUT2D eigenvalue weighted by Crippen LogP contribution is 2.11. The molecule has 148 valence electrons. The summed E-state index contributed by atoms with van der Waals surface area (Å²) in [6.45, 7) is 0. The molecule has 0 unspecified atom stereocenters. The molecule has 26 heavy (non-hydrogen) atoms. The molecule has 11 N–H and O–H groups in total. The van der Waals surface area contributed by atoms with Crippen LogP contribution in [0, 0.1) is 0 Å². The van der Waals surface area contributed by atoms with Crippen molar-refractivity contribution < 1.29 is 40.2 Å². The highest BCUT2D eigenvalue weighted by molar-refractivity contribution is 7.80. The van der Waals surface area contributed by atoms with Crippen molar-refractivity contribution in [3.05, 3.63) is 48.5 Å². The van der Waals surface area contributed by atoms with Gasteiger partial charge in [0.1, 0.15) is 5.75 Å². The molecule has 0 amide bonds. The molecular weight excluding hydrogens is 394 g/mol. The van der Waals surface area contributed by atoms with E-state index in [0.29, 0.717) is 17.1 Å². The minimum atomic E-state index is -4.67. The van der Waals surface area contributed by atoms with Crippen LogP contribution in [-0.2, 0) is 20.8 Å². The van der Waals surface area contributed by atoms with Gasteiger partial charge in [-0.1, -0.05) is 18.2 Å². The molecule has 0 bridgehead atoms. The number of rotatable bonds is 0. The van der Waals surface area contributed by atoms with E-state index in [9.17, 15) is 0 Å². The van der Waals surface area contributed by atoms with Crippen LogP contribution in [0.25, 0.3) is 0 Å². The first-order valence-electron chi connectivity index (χ1n) is 6.14. The number of hydrogen-bond acceptors (Lipinski definition) is 8. The van der Waals surface area contributed by atoms with E-state index in [1.807, 2.05) is 12.1 Å². The Hall–Kier alpha value is -2.62. The van der Waals surface area contributed by atoms with Crippen molar-refractivity contribution in [2.45, 2.75) is 0 Å². The van der Waals surface area contributed by atoms with Crippen LogP contribution in [0.1, 0.15) is 0 Å². The van der Waals surface area contributed by atoms with Gasteiger partial charge >= 0.3 is 20.8 Å². The van der Waals surface area contributed by atoms with E-state index in [1.54, 1.807) is 30.3 Å². The number of hydrogen-bond donors (Lipinski definition) is 8. The fourth-order valence-corrected chi connectivity index (χ4v) is 1.04. The van der Waals surface area contributed by atoms with Crippen molar-refractivity contribution in [3.8, 4) is 5.75 Å². The highest BCUT2D eigenvalue weighted by atomic mass is 32.3. The summed E-state index contributed by atoms with van der Waals surface area (Å²) in [6.07, 6.45) is 0. The van der Waals surface area contributed by atoms with E-state index in [2.05, 4.69) is 0 Å². The minimum Gasteiger partial charge on any atom is -0.508 e. The largest absolute Gasteiger partial charge is 0.508 e. The maximum absolute atomic E-state index is 8.74. The van der Waals surface area contributed by atoms with Crippen LogP contribution in [-0.4, -0.2) is 40.2 Å². The van der Waals surface area contributed by atoms with Gasteiger partial charge in [-0.25, -0.2) is 0 Å². The second-order valence-corrected chi connectivity index (χ2v) is 5.91. The third-order valence-electron chi connectivity index (χ3n) is 1.87. The summed E-state index contributed by atoms with van der Waals surface area (Å²) in [6, 6.07) is 13.8. The number of phenols is 1. The number of para-hydroxylation sites is 2. The van der Waals surface area contributed by atoms with Gasteiger partial charge < -0.3 is 22.3 Å². The first-order valence-corrected chi connectivity index (χ1v) is 8.93. The summed E-state index contributed by atoms with van der Waals surface area (Å²) in [5, 5.41) is 8.73. The molecule has 0 aliphatic rings. The third-order valence-corrected chi connectivity index (χ3v) is 1.87. The molecule has 0 saturated carbocycles. The Morgan fingerprint density at radius 2 is 1.00 bits per heavy atom. The van der Waals surface area contributed by atoms with Crippen LogP contribution in [0.5, 0.6) is 5.75 Å². The number of phenolic OH excluding ortho intramolecular Hbond substituents is 1. The van der Waals surface area contributed by atoms with E-state index >= 15 is 0 Å². The van der Waals surface area contributed by atoms with E-state index in [4.69, 9.17) is 57.4 Å². The molecule has 2 rings (SSSR count). The zero-order valence-electron chi connectivity index (χ0n) is 13.0. The quantitative estimate of drug-likeness (QED) is 0.217. The van der Waals surface area contributed by atoms with Crippen molar-refractivity contribution in [3.63, 3.8) is 0 Å². The zero-order valence-corrected chi connectivity index (χ0v) is 14.7. The van der Waals surface area contributed by atoms with Gasteiger partial charge in [-0.05, 0) is 24.3 Å². The molecule has 0 heterocycles. The molecule has 0 fully saturated rings. The molecule has 0 atom stereocenters. The molecule has 0 aliphatic carbocycles. The summed E-state index contributed by atoms with van der Waals surface area (Å²) >= 11 is 0. The lowest BCUT2D eigenvalue weighted by Gasteiger charge is -1.94. The number of nitrogen functional groups attached to an aromatic ring is 3. The molecule has 12 nitrogen and oxygen atoms in total. The Bertz CT molecular complexity index is 787. The van der Waals surface area contributed by atoms with E-state index in [-0.39, 0.29) is 5.75 Å². The molecule has 0 aliphatic heterocycles. The minimum absolute atomic E-state index is 0.213. The average molecular weight is 413 g/mol. The summed E-state index contributed by atoms with van der Waals surface area (Å²) < 4.78 is 63.2. The number of benzene rings is 2. The van der Waals surface area contributed by atoms with Gasteiger partial charge in [0.05, 0.1) is 11.4 Å². The topological polar surface area (TPSA) is 247 Å². The molecule has 2 aromatic rings. The molecule has 0 radical (unpaired) electrons. The monoisotopic (exact) mass is 413 g/mol. The lowest BCUT2D eigenvalue weighted by Crippen LogP contribution is -1.91. The van der Waals surface area contributed by atoms with Crippen LogP contribution in [0.3, 0.4) is 0 Å². The molecule has 0 saturated heterocycles. The second-order valence-electron chi connectivity index (χ2n) is 4.12. The highest BCUT2D eigenvalue weighted by Gasteiger charge is 1.86. The molecule has 2 aromatic carbocycles. The first-order chi connectivity index (χ1) is 11.6. The fraction of sp³-hybridized carbons (Fsp3) is 0. The molecule has 14 heteroatoms. The van der Waals surface area contributed by atoms with Crippen molar-refractivity contribution in [2.75, 3.05) is 17.2 Å². The van der Waals surface area contributed by atoms with Crippen LogP contribution in [0.15, 0.2) is 48.5 Å². The maximum Gasteiger partial charge on any atom is 0.394 e. The Kier molecular flexibility index (Phi) is 11.7. The van der Waals surface area contributed by atoms with Crippen LogP contribution in [0.2, 0.25) is 0 Å². The molecule has 0 spiro atoms. The maximum atomic E-state index is 8.74. The zero-order chi connectivity index (χ0) is 21.0. The van der Waals surface area contributed by atoms with Crippen LogP contribution >= 0.6 is 0 Å². The van der Waals surface area contributed by atoms with E-state index < -0.39 is 20.8 Å². The molecule has 0 aromatic heterocycles. The third kappa shape index (κ3) is 26.3. The van der Waals surface area contributed by atoms with Gasteiger partial charge in [-0.3, -0.25) is 18.2 Å². The van der Waals surface area contributed by atoms with Crippen molar-refractivity contribution >= 4 is 37.9 Å². The van der Waals surface area contributed by atoms with Gasteiger partial charge in [-0.15, -0.1) is 0 Å². The average Bonchev–Trinajstić information content (AvgIpc) is 2.39. The number of aromatic hydroxyl groups is 1. The predicted molar refractivity (Wildman–Crippen MR) is 96.1 cm³/mol. The molecular formula is C12H19N3O9S2. The fourth-order valence-electron chi connectivity index (χ4n) is 1.04. The van der Waals surface area contributed by atoms with Crippen LogP contribution in [0.4, 0.5) is 17.1 Å². The van der Waals surface area contributed by atoms with Gasteiger partial charge in [-0.2, -0.15) is 16.8 Å². The Labute approximate surface area is 150 Å². The number of nitrogens with two attached hydrogens (primary N) is 3. The van der Waals surface area contributed by atoms with Gasteiger partial charge in [0.25, 0.3) is 0 Å². The SMILES string of the molecule is Nc1cccc(O)c1.Nc1ccccc1N.O=S(=O)(O)O.O=S(=O)(O)O. The van der Waals surface area contributed by atoms with E-state index in [1.165, 1.54) is 6.07 Å². The first kappa shape index (κ1) is 25.6. The standard InChI is InChI=1S/C6H8N2.C6H7NO.2H2O4S/c7-5-3-1-2-4-6(5)8;7-5-2-1-3-6(8)4-5;2*1-5(2,3)4/h1-4H,7-8H2;1-4,8H,7H2;2*(H2,1,2,3,4). The lowest BCUT2D eigenvalue weighted by atomic mass is 10.3. The van der Waals surface area contributed by atoms with Gasteiger partial charge in [0.2, 0.25) is 0 Å². The van der Waals surface area contributed by atoms with E-state index in [0.717, 1.165) is 0 Å². The summed E-state index contributed by atoms with van der Waals surface area (Å²) in [5.74, 6) is 0.213. The van der Waals surface area contributed by atoms with Crippen molar-refractivity contribution in [1.82, 2.24) is 0 Å². The Morgan fingerprint density at radius 3 is 1.19 bits per heavy atom. The lowest BCUT2D eigenvalue weighted by molar-refractivity contribution is 0.378. The van der Waals surface area contributed by atoms with Crippen molar-refractivity contribution in [1.29, 1.82) is 0 Å². The smallest absolute Gasteiger partial charge is 0.394 e. The van der Waals surface area contributed by atoms with Crippen molar-refractivity contribution in [2.24, 2.45) is 0 Å². The second kappa shape index (κ2) is 11.9. The predicted octanol–water partition coefficient (Wildman–Crippen LogP) is 0.520. The van der Waals surface area contributed by atoms with Gasteiger partial charge in [0, 0.05) is 11.8 Å². The summed E-state index contributed by atoms with van der Waals surface area (Å²) in [7, 11) is -9.33.